The molecule has 84 valence electrons. The van der Waals surface area contributed by atoms with Crippen molar-refractivity contribution in [3.05, 3.63) is 23.3 Å². The van der Waals surface area contributed by atoms with Crippen molar-refractivity contribution < 1.29 is 4.39 Å². The first-order valence-corrected chi connectivity index (χ1v) is 5.71. The summed E-state index contributed by atoms with van der Waals surface area (Å²) in [7, 11) is 0. The number of halogens is 2. The molecule has 0 bridgehead atoms. The molecule has 2 rings (SSSR count). The summed E-state index contributed by atoms with van der Waals surface area (Å²) in [4.78, 5) is 2.21. The molecule has 1 fully saturated rings. The van der Waals surface area contributed by atoms with Crippen molar-refractivity contribution in [2.45, 2.75) is 31.1 Å². The van der Waals surface area contributed by atoms with Gasteiger partial charge in [-0.2, -0.15) is 0 Å². The van der Waals surface area contributed by atoms with Crippen LogP contribution < -0.4 is 5.73 Å². The van der Waals surface area contributed by atoms with Gasteiger partial charge in [-0.25, -0.2) is 4.39 Å². The fourth-order valence-electron chi connectivity index (χ4n) is 2.16. The first-order valence-electron chi connectivity index (χ1n) is 5.33. The molecule has 2 aliphatic rings. The minimum atomic E-state index is -0.847. The molecule has 1 aliphatic heterocycles. The van der Waals surface area contributed by atoms with Crippen LogP contribution >= 0.6 is 11.6 Å². The Balaban J connectivity index is 1.95. The van der Waals surface area contributed by atoms with Crippen LogP contribution in [0.1, 0.15) is 12.8 Å². The lowest BCUT2D eigenvalue weighted by atomic mass is 9.99. The average molecular weight is 231 g/mol. The SMILES string of the molecule is N[C@@H]1CN(C2C=CC=C(Cl)C2)CC[C@H]1F. The maximum atomic E-state index is 13.2. The Bertz CT molecular complexity index is 290. The normalized spacial score (nSPS) is 37.8. The van der Waals surface area contributed by atoms with Crippen LogP contribution in [0.2, 0.25) is 0 Å². The smallest absolute Gasteiger partial charge is 0.118 e. The monoisotopic (exact) mass is 230 g/mol. The quantitative estimate of drug-likeness (QED) is 0.745. The Kier molecular flexibility index (Phi) is 3.44. The van der Waals surface area contributed by atoms with Crippen LogP contribution in [0, 0.1) is 0 Å². The average Bonchev–Trinajstić information content (AvgIpc) is 2.22. The predicted molar refractivity (Wildman–Crippen MR) is 60.5 cm³/mol. The van der Waals surface area contributed by atoms with Gasteiger partial charge in [0.2, 0.25) is 0 Å². The maximum absolute atomic E-state index is 13.2. The zero-order chi connectivity index (χ0) is 10.8. The van der Waals surface area contributed by atoms with E-state index in [0.29, 0.717) is 19.0 Å². The van der Waals surface area contributed by atoms with Crippen LogP contribution in [0.4, 0.5) is 4.39 Å². The summed E-state index contributed by atoms with van der Waals surface area (Å²) in [5.74, 6) is 0. The lowest BCUT2D eigenvalue weighted by molar-refractivity contribution is 0.108. The molecule has 1 unspecified atom stereocenters. The molecule has 1 aliphatic carbocycles. The molecule has 3 atom stereocenters. The van der Waals surface area contributed by atoms with E-state index < -0.39 is 6.17 Å². The van der Waals surface area contributed by atoms with Crippen LogP contribution in [0.5, 0.6) is 0 Å². The van der Waals surface area contributed by atoms with E-state index in [1.54, 1.807) is 0 Å². The topological polar surface area (TPSA) is 29.3 Å². The molecule has 4 heteroatoms. The Labute approximate surface area is 94.6 Å². The van der Waals surface area contributed by atoms with Crippen LogP contribution in [0.15, 0.2) is 23.3 Å². The molecule has 0 spiro atoms. The zero-order valence-electron chi connectivity index (χ0n) is 8.57. The summed E-state index contributed by atoms with van der Waals surface area (Å²) in [6.45, 7) is 1.40. The lowest BCUT2D eigenvalue weighted by Gasteiger charge is -2.38. The Morgan fingerprint density at radius 1 is 1.53 bits per heavy atom. The van der Waals surface area contributed by atoms with Crippen molar-refractivity contribution in [2.24, 2.45) is 5.73 Å². The summed E-state index contributed by atoms with van der Waals surface area (Å²) in [5.41, 5.74) is 5.72. The number of allylic oxidation sites excluding steroid dienone is 2. The van der Waals surface area contributed by atoms with Crippen molar-refractivity contribution in [1.29, 1.82) is 0 Å². The number of hydrogen-bond acceptors (Lipinski definition) is 2. The highest BCUT2D eigenvalue weighted by Crippen LogP contribution is 2.23. The summed E-state index contributed by atoms with van der Waals surface area (Å²) in [6, 6.07) is -0.0575. The van der Waals surface area contributed by atoms with Crippen molar-refractivity contribution >= 4 is 11.6 Å². The lowest BCUT2D eigenvalue weighted by Crippen LogP contribution is -2.52. The van der Waals surface area contributed by atoms with Gasteiger partial charge in [0.15, 0.2) is 0 Å². The number of nitrogens with two attached hydrogens (primary N) is 1. The van der Waals surface area contributed by atoms with Gasteiger partial charge >= 0.3 is 0 Å². The van der Waals surface area contributed by atoms with Crippen molar-refractivity contribution in [3.8, 4) is 0 Å². The van der Waals surface area contributed by atoms with E-state index in [1.165, 1.54) is 0 Å². The summed E-state index contributed by atoms with van der Waals surface area (Å²) in [5, 5.41) is 0.860. The van der Waals surface area contributed by atoms with Gasteiger partial charge in [0.05, 0.1) is 0 Å². The van der Waals surface area contributed by atoms with E-state index in [2.05, 4.69) is 11.0 Å². The number of piperidine rings is 1. The van der Waals surface area contributed by atoms with E-state index in [1.807, 2.05) is 12.2 Å². The van der Waals surface area contributed by atoms with E-state index in [-0.39, 0.29) is 6.04 Å². The van der Waals surface area contributed by atoms with Gasteiger partial charge in [-0.05, 0) is 12.5 Å². The largest absolute Gasteiger partial charge is 0.324 e. The van der Waals surface area contributed by atoms with Crippen molar-refractivity contribution in [2.75, 3.05) is 13.1 Å². The highest BCUT2D eigenvalue weighted by molar-refractivity contribution is 6.29. The van der Waals surface area contributed by atoms with Gasteiger partial charge in [-0.15, -0.1) is 0 Å². The van der Waals surface area contributed by atoms with E-state index in [4.69, 9.17) is 17.3 Å². The van der Waals surface area contributed by atoms with Gasteiger partial charge in [-0.1, -0.05) is 23.8 Å². The van der Waals surface area contributed by atoms with Gasteiger partial charge < -0.3 is 5.73 Å². The van der Waals surface area contributed by atoms with E-state index in [0.717, 1.165) is 18.0 Å². The first kappa shape index (κ1) is 11.1. The first-order chi connectivity index (χ1) is 7.16. The molecule has 0 amide bonds. The molecule has 15 heavy (non-hydrogen) atoms. The minimum Gasteiger partial charge on any atom is -0.324 e. The molecule has 0 aromatic heterocycles. The number of likely N-dealkylation sites (tertiary alicyclic amines) is 1. The van der Waals surface area contributed by atoms with Gasteiger partial charge in [0, 0.05) is 36.6 Å². The molecule has 2 N–H and O–H groups in total. The Hall–Kier alpha value is -0.380. The van der Waals surface area contributed by atoms with Gasteiger partial charge in [-0.3, -0.25) is 4.90 Å². The fraction of sp³-hybridized carbons (Fsp3) is 0.636. The predicted octanol–water partition coefficient (Wildman–Crippen LogP) is 1.81. The molecule has 0 aromatic carbocycles. The van der Waals surface area contributed by atoms with Gasteiger partial charge in [0.25, 0.3) is 0 Å². The molecule has 0 aromatic rings. The van der Waals surface area contributed by atoms with Crippen LogP contribution in [0.3, 0.4) is 0 Å². The van der Waals surface area contributed by atoms with E-state index in [9.17, 15) is 4.39 Å². The van der Waals surface area contributed by atoms with E-state index >= 15 is 0 Å². The zero-order valence-corrected chi connectivity index (χ0v) is 9.33. The second-order valence-electron chi connectivity index (χ2n) is 4.23. The van der Waals surface area contributed by atoms with Crippen molar-refractivity contribution in [1.82, 2.24) is 4.90 Å². The Morgan fingerprint density at radius 3 is 3.00 bits per heavy atom. The molecule has 2 nitrogen and oxygen atoms in total. The highest BCUT2D eigenvalue weighted by Gasteiger charge is 2.29. The summed E-state index contributed by atoms with van der Waals surface area (Å²) >= 11 is 5.97. The molecule has 0 saturated carbocycles. The number of nitrogens with zero attached hydrogens (tertiary/aromatic N) is 1. The van der Waals surface area contributed by atoms with Crippen molar-refractivity contribution in [3.63, 3.8) is 0 Å². The minimum absolute atomic E-state index is 0.293. The number of alkyl halides is 1. The molecular formula is C11H16ClFN2. The summed E-state index contributed by atoms with van der Waals surface area (Å²) < 4.78 is 13.2. The highest BCUT2D eigenvalue weighted by atomic mass is 35.5. The van der Waals surface area contributed by atoms with Crippen LogP contribution in [-0.4, -0.2) is 36.2 Å². The third kappa shape index (κ3) is 2.60. The Morgan fingerprint density at radius 2 is 2.33 bits per heavy atom. The second-order valence-corrected chi connectivity index (χ2v) is 4.72. The third-order valence-corrected chi connectivity index (χ3v) is 3.37. The molecule has 1 saturated heterocycles. The van der Waals surface area contributed by atoms with Crippen LogP contribution in [0.25, 0.3) is 0 Å². The molecule has 0 radical (unpaired) electrons. The molecule has 1 heterocycles. The van der Waals surface area contributed by atoms with Crippen LogP contribution in [-0.2, 0) is 0 Å². The number of rotatable bonds is 1. The fourth-order valence-corrected chi connectivity index (χ4v) is 2.39. The van der Waals surface area contributed by atoms with Gasteiger partial charge in [0.1, 0.15) is 6.17 Å². The molecular weight excluding hydrogens is 215 g/mol. The standard InChI is InChI=1S/C11H16ClFN2/c12-8-2-1-3-9(6-8)15-5-4-10(13)11(14)7-15/h1-3,9-11H,4-7,14H2/t9?,10-,11-/m1/s1. The maximum Gasteiger partial charge on any atom is 0.118 e. The number of hydrogen-bond donors (Lipinski definition) is 1. The summed E-state index contributed by atoms with van der Waals surface area (Å²) in [6.07, 6.45) is 6.48. The third-order valence-electron chi connectivity index (χ3n) is 3.09. The second kappa shape index (κ2) is 4.64.